The second-order valence-electron chi connectivity index (χ2n) is 2.94. The van der Waals surface area contributed by atoms with E-state index in [-0.39, 0.29) is 6.23 Å². The van der Waals surface area contributed by atoms with Gasteiger partial charge in [0.25, 0.3) is 0 Å². The summed E-state index contributed by atoms with van der Waals surface area (Å²) in [7, 11) is 0. The predicted molar refractivity (Wildman–Crippen MR) is 51.4 cm³/mol. The van der Waals surface area contributed by atoms with Crippen LogP contribution >= 0.6 is 0 Å². The predicted octanol–water partition coefficient (Wildman–Crippen LogP) is 0.691. The molecular weight excluding hydrogens is 180 g/mol. The summed E-state index contributed by atoms with van der Waals surface area (Å²) in [6.45, 7) is 0. The highest BCUT2D eigenvalue weighted by Crippen LogP contribution is 2.26. The van der Waals surface area contributed by atoms with Gasteiger partial charge >= 0.3 is 0 Å². The zero-order valence-electron chi connectivity index (χ0n) is 7.16. The second kappa shape index (κ2) is 2.73. The average molecular weight is 186 g/mol. The number of hydrogen-bond acceptors (Lipinski definition) is 5. The molecule has 3 rings (SSSR count). The van der Waals surface area contributed by atoms with E-state index in [0.717, 1.165) is 11.1 Å². The first-order valence-corrected chi connectivity index (χ1v) is 4.16. The quantitative estimate of drug-likeness (QED) is 0.599. The molecule has 5 heteroatoms. The Hall–Kier alpha value is -2.04. The minimum Gasteiger partial charge on any atom is -0.447 e. The monoisotopic (exact) mass is 186 g/mol. The van der Waals surface area contributed by atoms with Crippen molar-refractivity contribution in [2.45, 2.75) is 6.23 Å². The molecule has 0 bridgehead atoms. The first-order chi connectivity index (χ1) is 6.93. The van der Waals surface area contributed by atoms with Crippen LogP contribution in [0.4, 0.5) is 0 Å². The van der Waals surface area contributed by atoms with Crippen LogP contribution in [-0.2, 0) is 0 Å². The van der Waals surface area contributed by atoms with Gasteiger partial charge in [-0.2, -0.15) is 0 Å². The number of ether oxygens (including phenoxy) is 1. The van der Waals surface area contributed by atoms with E-state index in [9.17, 15) is 0 Å². The van der Waals surface area contributed by atoms with E-state index in [1.54, 1.807) is 12.4 Å². The summed E-state index contributed by atoms with van der Waals surface area (Å²) in [6, 6.07) is 0. The van der Waals surface area contributed by atoms with Crippen molar-refractivity contribution < 1.29 is 4.74 Å². The second-order valence-corrected chi connectivity index (χ2v) is 2.94. The van der Waals surface area contributed by atoms with E-state index >= 15 is 0 Å². The summed E-state index contributed by atoms with van der Waals surface area (Å²) < 4.78 is 5.53. The molecule has 5 nitrogen and oxygen atoms in total. The fourth-order valence-electron chi connectivity index (χ4n) is 1.39. The Morgan fingerprint density at radius 3 is 3.36 bits per heavy atom. The van der Waals surface area contributed by atoms with Crippen molar-refractivity contribution in [2.75, 3.05) is 0 Å². The first kappa shape index (κ1) is 7.37. The molecule has 0 radical (unpaired) electrons. The Kier molecular flexibility index (Phi) is 1.44. The average Bonchev–Trinajstić information content (AvgIpc) is 2.26. The van der Waals surface area contributed by atoms with Gasteiger partial charge in [0.2, 0.25) is 12.1 Å². The van der Waals surface area contributed by atoms with Crippen LogP contribution in [0.15, 0.2) is 28.1 Å². The molecule has 0 saturated carbocycles. The lowest BCUT2D eigenvalue weighted by Crippen LogP contribution is -2.24. The van der Waals surface area contributed by atoms with Crippen LogP contribution in [0.25, 0.3) is 6.08 Å². The van der Waals surface area contributed by atoms with E-state index in [0.29, 0.717) is 5.88 Å². The number of rotatable bonds is 0. The fraction of sp³-hybridized carbons (Fsp3) is 0.111. The summed E-state index contributed by atoms with van der Waals surface area (Å²) in [6.07, 6.45) is 8.01. The standard InChI is InChI=1S/C9H6N4O/c1-6-2-10-4-12-8(6)14-9-7(1)3-11-5-13-9/h1-5,8H. The highest BCUT2D eigenvalue weighted by atomic mass is 16.5. The number of aromatic nitrogens is 2. The lowest BCUT2D eigenvalue weighted by molar-refractivity contribution is 0.239. The SMILES string of the molecule is C1=NC=NC2Oc3ncncc3C=C12. The minimum atomic E-state index is -0.296. The Morgan fingerprint density at radius 2 is 2.36 bits per heavy atom. The van der Waals surface area contributed by atoms with Gasteiger partial charge < -0.3 is 4.74 Å². The molecule has 2 aliphatic heterocycles. The highest BCUT2D eigenvalue weighted by molar-refractivity contribution is 5.94. The molecule has 0 fully saturated rings. The van der Waals surface area contributed by atoms with Gasteiger partial charge in [-0.3, -0.25) is 0 Å². The van der Waals surface area contributed by atoms with Crippen LogP contribution in [0.2, 0.25) is 0 Å². The maximum atomic E-state index is 5.53. The Bertz CT molecular complexity index is 464. The van der Waals surface area contributed by atoms with E-state index < -0.39 is 0 Å². The molecule has 2 aliphatic rings. The molecule has 3 heterocycles. The molecule has 1 unspecified atom stereocenters. The van der Waals surface area contributed by atoms with E-state index in [1.165, 1.54) is 12.7 Å². The molecule has 1 aromatic rings. The lowest BCUT2D eigenvalue weighted by atomic mass is 10.1. The maximum Gasteiger partial charge on any atom is 0.226 e. The third-order valence-corrected chi connectivity index (χ3v) is 2.03. The number of aliphatic imine (C=N–C) groups is 2. The zero-order valence-corrected chi connectivity index (χ0v) is 7.16. The van der Waals surface area contributed by atoms with Crippen LogP contribution in [0.1, 0.15) is 5.56 Å². The fourth-order valence-corrected chi connectivity index (χ4v) is 1.39. The lowest BCUT2D eigenvalue weighted by Gasteiger charge is -2.21. The van der Waals surface area contributed by atoms with Gasteiger partial charge in [0.05, 0.1) is 5.56 Å². The molecule has 0 amide bonds. The first-order valence-electron chi connectivity index (χ1n) is 4.16. The number of hydrogen-bond donors (Lipinski definition) is 0. The molecular formula is C9H6N4O. The van der Waals surface area contributed by atoms with Crippen LogP contribution in [0.5, 0.6) is 5.88 Å². The third-order valence-electron chi connectivity index (χ3n) is 2.03. The summed E-state index contributed by atoms with van der Waals surface area (Å²) in [5.41, 5.74) is 1.79. The van der Waals surface area contributed by atoms with Crippen molar-refractivity contribution in [1.82, 2.24) is 9.97 Å². The molecule has 0 spiro atoms. The van der Waals surface area contributed by atoms with Crippen LogP contribution < -0.4 is 4.74 Å². The van der Waals surface area contributed by atoms with Crippen molar-refractivity contribution in [2.24, 2.45) is 9.98 Å². The Labute approximate surface area is 79.9 Å². The molecule has 68 valence electrons. The van der Waals surface area contributed by atoms with E-state index in [4.69, 9.17) is 4.74 Å². The van der Waals surface area contributed by atoms with Crippen molar-refractivity contribution in [1.29, 1.82) is 0 Å². The normalized spacial score (nSPS) is 22.0. The van der Waals surface area contributed by atoms with Gasteiger partial charge in [-0.25, -0.2) is 20.0 Å². The largest absolute Gasteiger partial charge is 0.447 e. The molecule has 0 aromatic carbocycles. The molecule has 0 aliphatic carbocycles. The maximum absolute atomic E-state index is 5.53. The number of nitrogens with zero attached hydrogens (tertiary/aromatic N) is 4. The molecule has 0 saturated heterocycles. The van der Waals surface area contributed by atoms with Gasteiger partial charge in [0, 0.05) is 18.0 Å². The van der Waals surface area contributed by atoms with Gasteiger partial charge in [-0.15, -0.1) is 0 Å². The summed E-state index contributed by atoms with van der Waals surface area (Å²) >= 11 is 0. The highest BCUT2D eigenvalue weighted by Gasteiger charge is 2.22. The van der Waals surface area contributed by atoms with Crippen molar-refractivity contribution >= 4 is 18.6 Å². The van der Waals surface area contributed by atoms with Crippen molar-refractivity contribution in [3.63, 3.8) is 0 Å². The van der Waals surface area contributed by atoms with Crippen molar-refractivity contribution in [3.05, 3.63) is 23.7 Å². The molecule has 0 N–H and O–H groups in total. The van der Waals surface area contributed by atoms with Crippen LogP contribution in [0.3, 0.4) is 0 Å². The van der Waals surface area contributed by atoms with Gasteiger partial charge in [-0.1, -0.05) is 0 Å². The summed E-state index contributed by atoms with van der Waals surface area (Å²) in [5, 5.41) is 0. The molecule has 1 atom stereocenters. The third kappa shape index (κ3) is 1.02. The van der Waals surface area contributed by atoms with Gasteiger partial charge in [-0.05, 0) is 6.08 Å². The summed E-state index contributed by atoms with van der Waals surface area (Å²) in [4.78, 5) is 15.9. The molecule has 1 aromatic heterocycles. The molecule has 14 heavy (non-hydrogen) atoms. The Morgan fingerprint density at radius 1 is 1.36 bits per heavy atom. The zero-order chi connectivity index (χ0) is 9.38. The topological polar surface area (TPSA) is 59.7 Å². The Balaban J connectivity index is 2.13. The van der Waals surface area contributed by atoms with Crippen molar-refractivity contribution in [3.8, 4) is 5.88 Å². The number of fused-ring (bicyclic) bond motifs is 2. The van der Waals surface area contributed by atoms with Gasteiger partial charge in [0.15, 0.2) is 0 Å². The van der Waals surface area contributed by atoms with Crippen LogP contribution in [-0.4, -0.2) is 28.7 Å². The van der Waals surface area contributed by atoms with Gasteiger partial charge in [0.1, 0.15) is 12.7 Å². The smallest absolute Gasteiger partial charge is 0.226 e. The summed E-state index contributed by atoms with van der Waals surface area (Å²) in [5.74, 6) is 0.571. The van der Waals surface area contributed by atoms with Crippen LogP contribution in [0, 0.1) is 0 Å². The van der Waals surface area contributed by atoms with E-state index in [2.05, 4.69) is 20.0 Å². The minimum absolute atomic E-state index is 0.296. The van der Waals surface area contributed by atoms with E-state index in [1.807, 2.05) is 6.08 Å².